The van der Waals surface area contributed by atoms with Crippen molar-refractivity contribution in [3.05, 3.63) is 57.0 Å². The van der Waals surface area contributed by atoms with Crippen molar-refractivity contribution in [2.45, 2.75) is 51.3 Å². The van der Waals surface area contributed by atoms with Crippen molar-refractivity contribution in [2.75, 3.05) is 19.6 Å². The molecule has 0 spiro atoms. The highest BCUT2D eigenvalue weighted by Crippen LogP contribution is 2.70. The van der Waals surface area contributed by atoms with Gasteiger partial charge in [0.25, 0.3) is 0 Å². The topological polar surface area (TPSA) is 14.2 Å². The Morgan fingerprint density at radius 1 is 0.946 bits per heavy atom. The number of nitrogens with zero attached hydrogens (tertiary/aromatic N) is 1. The summed E-state index contributed by atoms with van der Waals surface area (Å²) in [6.07, 6.45) is 6.02. The van der Waals surface area contributed by atoms with E-state index in [2.05, 4.69) is 11.5 Å². The minimum Gasteiger partial charge on any atom is -0.497 e. The third kappa shape index (κ3) is 3.80. The van der Waals surface area contributed by atoms with Crippen LogP contribution in [0.15, 0.2) is 45.7 Å². The molecule has 0 atom stereocenters. The van der Waals surface area contributed by atoms with Gasteiger partial charge >= 0.3 is 17.8 Å². The summed E-state index contributed by atoms with van der Waals surface area (Å²) in [6.45, 7) is 9.12. The zero-order valence-electron chi connectivity index (χ0n) is 21.9. The van der Waals surface area contributed by atoms with Gasteiger partial charge in [-0.15, -0.1) is 5.54 Å². The van der Waals surface area contributed by atoms with E-state index in [4.69, 9.17) is 4.74 Å². The first-order valence-corrected chi connectivity index (χ1v) is 17.5. The molecule has 4 rings (SSSR count). The number of alkyl halides is 6. The largest absolute Gasteiger partial charge is 0.497 e. The Hall–Kier alpha value is -2.51. The van der Waals surface area contributed by atoms with Gasteiger partial charge in [0.2, 0.25) is 0 Å². The van der Waals surface area contributed by atoms with Crippen molar-refractivity contribution >= 4 is 34.7 Å². The van der Waals surface area contributed by atoms with Crippen LogP contribution in [0.2, 0.25) is 19.6 Å². The molecule has 0 saturated heterocycles. The quantitative estimate of drug-likeness (QED) is 0.211. The fourth-order valence-corrected chi connectivity index (χ4v) is 7.36. The molecule has 0 fully saturated rings. The Bertz CT molecular complexity index is 1480. The van der Waals surface area contributed by atoms with Gasteiger partial charge in [-0.25, -0.2) is 0 Å². The third-order valence-corrected chi connectivity index (χ3v) is 10.5. The van der Waals surface area contributed by atoms with E-state index >= 15 is 26.3 Å². The Kier molecular flexibility index (Phi) is 6.13. The second kappa shape index (κ2) is 8.24. The molecule has 37 heavy (non-hydrogen) atoms. The number of benzene rings is 1. The molecule has 2 heterocycles. The van der Waals surface area contributed by atoms with Gasteiger partial charge in [0.15, 0.2) is 0 Å². The zero-order valence-corrected chi connectivity index (χ0v) is 23.7. The van der Waals surface area contributed by atoms with Gasteiger partial charge < -0.3 is 9.30 Å². The number of halogens is 6. The van der Waals surface area contributed by atoms with Gasteiger partial charge in [0.1, 0.15) is 19.5 Å². The summed E-state index contributed by atoms with van der Waals surface area (Å²) in [4.78, 5) is 0.290. The molecule has 1 aliphatic heterocycles. The van der Waals surface area contributed by atoms with Crippen molar-refractivity contribution in [2.24, 2.45) is 0 Å². The van der Waals surface area contributed by atoms with Crippen molar-refractivity contribution in [3.8, 4) is 17.2 Å². The number of aromatic nitrogens is 1. The normalized spacial score (nSPS) is 22.4. The standard InChI is InChI=1S/C27H29F6NOSSi/c1-16-17(2)34(21-11-9-18(35-3)15-20(16)21)24-23(25(28,29)27(32,33)26(24,30)31)22-12-10-19(36(22,4)5)13-14-37(6,7)8/h9-12,15H,1-8H3. The Balaban J connectivity index is 2.07. The summed E-state index contributed by atoms with van der Waals surface area (Å²) in [7, 11) is -2.80. The van der Waals surface area contributed by atoms with Gasteiger partial charge in [0, 0.05) is 20.9 Å². The van der Waals surface area contributed by atoms with E-state index in [9.17, 15) is 0 Å². The van der Waals surface area contributed by atoms with Crippen LogP contribution >= 0.6 is 10.0 Å². The molecule has 1 aromatic carbocycles. The molecule has 0 bridgehead atoms. The smallest absolute Gasteiger partial charge is 0.382 e. The Labute approximate surface area is 215 Å². The number of aryl methyl sites for hydroxylation is 1. The van der Waals surface area contributed by atoms with Crippen LogP contribution in [0.4, 0.5) is 26.3 Å². The first-order chi connectivity index (χ1) is 16.8. The van der Waals surface area contributed by atoms with Crippen molar-refractivity contribution in [1.82, 2.24) is 4.57 Å². The predicted octanol–water partition coefficient (Wildman–Crippen LogP) is 8.12. The van der Waals surface area contributed by atoms with Crippen LogP contribution in [-0.4, -0.2) is 50.0 Å². The lowest BCUT2D eigenvalue weighted by atomic mass is 10.1. The zero-order chi connectivity index (χ0) is 27.9. The lowest BCUT2D eigenvalue weighted by Crippen LogP contribution is -2.49. The molecule has 200 valence electrons. The maximum atomic E-state index is 15.6. The number of ether oxygens (including phenoxy) is 1. The van der Waals surface area contributed by atoms with Crippen molar-refractivity contribution < 1.29 is 31.1 Å². The number of allylic oxidation sites excluding steroid dienone is 5. The Morgan fingerprint density at radius 3 is 2.14 bits per heavy atom. The van der Waals surface area contributed by atoms with E-state index in [1.54, 1.807) is 25.5 Å². The molecule has 0 N–H and O–H groups in total. The molecule has 0 saturated carbocycles. The summed E-state index contributed by atoms with van der Waals surface area (Å²) in [5.74, 6) is -12.4. The SMILES string of the molecule is COc1ccc2c(c1)c(C)c(C)n2C1=C(C2=CC=C(C#C[Si](C)(C)C)S2(C)C)C(F)(F)C(F)(F)C1(F)F. The van der Waals surface area contributed by atoms with Crippen molar-refractivity contribution in [3.63, 3.8) is 0 Å². The van der Waals surface area contributed by atoms with Crippen LogP contribution in [0.25, 0.3) is 16.6 Å². The van der Waals surface area contributed by atoms with E-state index < -0.39 is 47.1 Å². The van der Waals surface area contributed by atoms with E-state index in [0.717, 1.165) is 4.57 Å². The predicted molar refractivity (Wildman–Crippen MR) is 143 cm³/mol. The van der Waals surface area contributed by atoms with Gasteiger partial charge in [-0.05, 0) is 62.3 Å². The molecule has 2 aliphatic rings. The van der Waals surface area contributed by atoms with Crippen LogP contribution in [0.3, 0.4) is 0 Å². The van der Waals surface area contributed by atoms with Crippen molar-refractivity contribution in [1.29, 1.82) is 0 Å². The number of methoxy groups -OCH3 is 1. The van der Waals surface area contributed by atoms with E-state index in [1.165, 1.54) is 38.3 Å². The van der Waals surface area contributed by atoms with Gasteiger partial charge in [0.05, 0.1) is 18.2 Å². The fraction of sp³-hybridized carbons (Fsp3) is 0.407. The monoisotopic (exact) mass is 557 g/mol. The van der Waals surface area contributed by atoms with Gasteiger partial charge in [-0.3, -0.25) is 0 Å². The van der Waals surface area contributed by atoms with E-state index in [0.29, 0.717) is 21.6 Å². The maximum absolute atomic E-state index is 15.6. The molecule has 2 aromatic rings. The maximum Gasteiger partial charge on any atom is 0.382 e. The molecule has 0 amide bonds. The first-order valence-electron chi connectivity index (χ1n) is 11.5. The summed E-state index contributed by atoms with van der Waals surface area (Å²) in [5.41, 5.74) is 1.25. The van der Waals surface area contributed by atoms with Gasteiger partial charge in [-0.1, -0.05) is 25.6 Å². The molecule has 1 aliphatic carbocycles. The van der Waals surface area contributed by atoms with Crippen LogP contribution in [0.1, 0.15) is 11.3 Å². The van der Waals surface area contributed by atoms with Crippen LogP contribution in [0, 0.1) is 25.3 Å². The molecule has 2 nitrogen and oxygen atoms in total. The highest BCUT2D eigenvalue weighted by molar-refractivity contribution is 8.39. The number of rotatable bonds is 3. The summed E-state index contributed by atoms with van der Waals surface area (Å²) >= 11 is 0. The molecular weight excluding hydrogens is 528 g/mol. The lowest BCUT2D eigenvalue weighted by molar-refractivity contribution is -0.260. The minimum absolute atomic E-state index is 0.120. The second-order valence-corrected chi connectivity index (χ2v) is 19.0. The molecular formula is C27H29F6NOSSi. The van der Waals surface area contributed by atoms with Crippen LogP contribution < -0.4 is 4.74 Å². The fourth-order valence-electron chi connectivity index (χ4n) is 4.67. The van der Waals surface area contributed by atoms with Crippen LogP contribution in [-0.2, 0) is 0 Å². The molecule has 0 radical (unpaired) electrons. The first kappa shape index (κ1) is 27.5. The summed E-state index contributed by atoms with van der Waals surface area (Å²) < 4.78 is 98.5. The third-order valence-electron chi connectivity index (χ3n) is 6.88. The molecule has 10 heteroatoms. The minimum atomic E-state index is -5.63. The average molecular weight is 558 g/mol. The second-order valence-electron chi connectivity index (χ2n) is 10.8. The Morgan fingerprint density at radius 2 is 1.57 bits per heavy atom. The molecule has 1 aromatic heterocycles. The highest BCUT2D eigenvalue weighted by atomic mass is 32.3. The lowest BCUT2D eigenvalue weighted by Gasteiger charge is -2.34. The van der Waals surface area contributed by atoms with E-state index in [1.807, 2.05) is 19.6 Å². The van der Waals surface area contributed by atoms with Gasteiger partial charge in [-0.2, -0.15) is 36.4 Å². The summed E-state index contributed by atoms with van der Waals surface area (Å²) in [6, 6.07) is 4.48. The number of hydrogen-bond acceptors (Lipinski definition) is 1. The van der Waals surface area contributed by atoms with E-state index in [-0.39, 0.29) is 16.1 Å². The summed E-state index contributed by atoms with van der Waals surface area (Å²) in [5, 5.41) is 0.449. The number of hydrogen-bond donors (Lipinski definition) is 0. The number of fused-ring (bicyclic) bond motifs is 1. The average Bonchev–Trinajstić information content (AvgIpc) is 3.24. The highest BCUT2D eigenvalue weighted by Gasteiger charge is 2.81. The molecule has 0 unspecified atom stereocenters. The van der Waals surface area contributed by atoms with Crippen LogP contribution in [0.5, 0.6) is 5.75 Å².